The molecule has 0 saturated carbocycles. The maximum atomic E-state index is 13.7. The molecule has 2 N–H and O–H groups in total. The van der Waals surface area contributed by atoms with Crippen molar-refractivity contribution in [2.45, 2.75) is 51.6 Å². The van der Waals surface area contributed by atoms with E-state index in [0.29, 0.717) is 56.6 Å². The number of anilines is 1. The molecular weight excluding hydrogens is 720 g/mol. The van der Waals surface area contributed by atoms with Gasteiger partial charge in [0.2, 0.25) is 11.8 Å². The number of aryl methyl sites for hydroxylation is 1. The van der Waals surface area contributed by atoms with Gasteiger partial charge in [0, 0.05) is 34.4 Å². The number of hydrogen-bond donors (Lipinski definition) is 2. The predicted molar refractivity (Wildman–Crippen MR) is 183 cm³/mol. The predicted octanol–water partition coefficient (Wildman–Crippen LogP) is 5.78. The van der Waals surface area contributed by atoms with Gasteiger partial charge in [-0.3, -0.25) is 14.4 Å². The Morgan fingerprint density at radius 1 is 0.957 bits per heavy atom. The van der Waals surface area contributed by atoms with Crippen LogP contribution in [0.4, 0.5) is 11.4 Å². The lowest BCUT2D eigenvalue weighted by molar-refractivity contribution is -0.145. The largest absolute Gasteiger partial charge is 0.497 e. The highest BCUT2D eigenvalue weighted by Gasteiger charge is 2.36. The van der Waals surface area contributed by atoms with E-state index in [-0.39, 0.29) is 17.7 Å². The Balaban J connectivity index is 1.33. The number of unbranched alkanes of at least 4 members (excludes halogenated alkanes) is 1. The van der Waals surface area contributed by atoms with E-state index in [9.17, 15) is 19.2 Å². The minimum atomic E-state index is -0.685. The molecule has 1 atom stereocenters. The zero-order chi connectivity index (χ0) is 33.2. The standard InChI is InChI=1S/C34H36Br2N4O6/c1-21(41)38-29(34(44)46-3)6-4-5-17-37-30(42)16-11-22-7-12-25(13-8-22)39-31-27-18-24(35)19-28(36)32(27)40(33(31)43)20-23-9-14-26(45-2)15-10-23/h7-10,12-15,18-19,29H,4-6,11,16-17,20H2,1-3H3,(H,37,42)(H,38,41)/t29-/m0/s1. The molecule has 0 bridgehead atoms. The highest BCUT2D eigenvalue weighted by molar-refractivity contribution is 9.11. The molecule has 4 rings (SSSR count). The van der Waals surface area contributed by atoms with Crippen molar-refractivity contribution in [1.29, 1.82) is 0 Å². The number of carbonyl (C=O) groups excluding carboxylic acids is 4. The number of nitrogens with zero attached hydrogens (tertiary/aromatic N) is 2. The first-order chi connectivity index (χ1) is 22.1. The number of benzene rings is 3. The van der Waals surface area contributed by atoms with Crippen molar-refractivity contribution in [3.63, 3.8) is 0 Å². The van der Waals surface area contributed by atoms with Crippen LogP contribution in [0.5, 0.6) is 5.75 Å². The van der Waals surface area contributed by atoms with E-state index in [2.05, 4.69) is 42.5 Å². The van der Waals surface area contributed by atoms with Gasteiger partial charge in [-0.1, -0.05) is 40.2 Å². The van der Waals surface area contributed by atoms with Gasteiger partial charge in [0.1, 0.15) is 17.5 Å². The van der Waals surface area contributed by atoms with Crippen LogP contribution in [-0.2, 0) is 36.9 Å². The molecule has 3 aromatic carbocycles. The lowest BCUT2D eigenvalue weighted by Gasteiger charge is -2.18. The van der Waals surface area contributed by atoms with Gasteiger partial charge in [0.15, 0.2) is 0 Å². The molecule has 10 nitrogen and oxygen atoms in total. The van der Waals surface area contributed by atoms with Crippen LogP contribution in [0.15, 0.2) is 74.6 Å². The summed E-state index contributed by atoms with van der Waals surface area (Å²) in [6.07, 6.45) is 2.61. The van der Waals surface area contributed by atoms with Gasteiger partial charge in [-0.25, -0.2) is 9.79 Å². The lowest BCUT2D eigenvalue weighted by atomic mass is 10.1. The third-order valence-corrected chi connectivity index (χ3v) is 8.49. The number of rotatable bonds is 14. The van der Waals surface area contributed by atoms with Crippen LogP contribution in [0, 0.1) is 0 Å². The summed E-state index contributed by atoms with van der Waals surface area (Å²) in [6.45, 7) is 2.20. The lowest BCUT2D eigenvalue weighted by Crippen LogP contribution is -2.40. The van der Waals surface area contributed by atoms with E-state index in [4.69, 9.17) is 14.5 Å². The molecule has 12 heteroatoms. The van der Waals surface area contributed by atoms with Crippen molar-refractivity contribution in [2.75, 3.05) is 25.7 Å². The first-order valence-electron chi connectivity index (χ1n) is 14.8. The summed E-state index contributed by atoms with van der Waals surface area (Å²) in [7, 11) is 2.90. The second-order valence-electron chi connectivity index (χ2n) is 10.8. The molecule has 0 aliphatic carbocycles. The zero-order valence-corrected chi connectivity index (χ0v) is 29.1. The van der Waals surface area contributed by atoms with E-state index in [1.807, 2.05) is 60.7 Å². The summed E-state index contributed by atoms with van der Waals surface area (Å²) in [5.74, 6) is -0.297. The summed E-state index contributed by atoms with van der Waals surface area (Å²) in [5.41, 5.74) is 4.42. The first kappa shape index (κ1) is 34.8. The second-order valence-corrected chi connectivity index (χ2v) is 12.5. The molecule has 0 radical (unpaired) electrons. The van der Waals surface area contributed by atoms with Gasteiger partial charge in [0.05, 0.1) is 32.1 Å². The van der Waals surface area contributed by atoms with E-state index in [0.717, 1.165) is 37.1 Å². The van der Waals surface area contributed by atoms with Crippen LogP contribution < -0.4 is 20.3 Å². The maximum Gasteiger partial charge on any atom is 0.328 e. The van der Waals surface area contributed by atoms with Crippen LogP contribution in [0.3, 0.4) is 0 Å². The maximum absolute atomic E-state index is 13.7. The number of fused-ring (bicyclic) bond motifs is 1. The molecule has 242 valence electrons. The first-order valence-corrected chi connectivity index (χ1v) is 16.4. The molecule has 0 fully saturated rings. The topological polar surface area (TPSA) is 126 Å². The van der Waals surface area contributed by atoms with Gasteiger partial charge in [-0.2, -0.15) is 0 Å². The van der Waals surface area contributed by atoms with Crippen LogP contribution in [0.1, 0.15) is 49.3 Å². The molecule has 1 heterocycles. The molecule has 3 amide bonds. The van der Waals surface area contributed by atoms with Crippen molar-refractivity contribution in [2.24, 2.45) is 4.99 Å². The number of esters is 1. The molecule has 0 spiro atoms. The third kappa shape index (κ3) is 9.26. The van der Waals surface area contributed by atoms with Gasteiger partial charge in [0.25, 0.3) is 5.91 Å². The Bertz CT molecular complexity index is 1610. The van der Waals surface area contributed by atoms with Gasteiger partial charge in [-0.05, 0) is 89.1 Å². The number of methoxy groups -OCH3 is 2. The summed E-state index contributed by atoms with van der Waals surface area (Å²) < 4.78 is 11.6. The minimum absolute atomic E-state index is 0.0723. The van der Waals surface area contributed by atoms with Crippen LogP contribution in [0.25, 0.3) is 0 Å². The number of hydrogen-bond acceptors (Lipinski definition) is 7. The Kier molecular flexibility index (Phi) is 12.5. The van der Waals surface area contributed by atoms with Crippen molar-refractivity contribution in [3.8, 4) is 5.75 Å². The summed E-state index contributed by atoms with van der Waals surface area (Å²) in [4.78, 5) is 55.7. The van der Waals surface area contributed by atoms with Crippen molar-refractivity contribution in [1.82, 2.24) is 10.6 Å². The van der Waals surface area contributed by atoms with Gasteiger partial charge < -0.3 is 25.0 Å². The van der Waals surface area contributed by atoms with Gasteiger partial charge >= 0.3 is 5.97 Å². The molecule has 1 aliphatic rings. The van der Waals surface area contributed by atoms with Gasteiger partial charge in [-0.15, -0.1) is 0 Å². The second kappa shape index (κ2) is 16.5. The minimum Gasteiger partial charge on any atom is -0.497 e. The van der Waals surface area contributed by atoms with E-state index in [1.165, 1.54) is 14.0 Å². The number of amides is 3. The summed E-state index contributed by atoms with van der Waals surface area (Å²) in [6, 6.07) is 18.3. The number of nitrogens with one attached hydrogen (secondary N) is 2. The Morgan fingerprint density at radius 2 is 1.65 bits per heavy atom. The fraction of sp³-hybridized carbons (Fsp3) is 0.324. The molecule has 0 saturated heterocycles. The van der Waals surface area contributed by atoms with Crippen molar-refractivity contribution >= 4 is 72.6 Å². The fourth-order valence-electron chi connectivity index (χ4n) is 5.09. The zero-order valence-electron chi connectivity index (χ0n) is 25.9. The smallest absolute Gasteiger partial charge is 0.328 e. The highest BCUT2D eigenvalue weighted by atomic mass is 79.9. The molecule has 0 aromatic heterocycles. The molecule has 1 aliphatic heterocycles. The monoisotopic (exact) mass is 754 g/mol. The number of halogens is 2. The number of carbonyl (C=O) groups is 4. The van der Waals surface area contributed by atoms with Crippen molar-refractivity contribution < 1.29 is 28.7 Å². The molecule has 0 unspecified atom stereocenters. The van der Waals surface area contributed by atoms with E-state index >= 15 is 0 Å². The van der Waals surface area contributed by atoms with E-state index < -0.39 is 12.0 Å². The third-order valence-electron chi connectivity index (χ3n) is 7.42. The highest BCUT2D eigenvalue weighted by Crippen LogP contribution is 2.40. The van der Waals surface area contributed by atoms with Crippen LogP contribution in [0.2, 0.25) is 0 Å². The Labute approximate surface area is 285 Å². The SMILES string of the molecule is COC(=O)[C@H](CCCCNC(=O)CCc1ccc(N=C2C(=O)N(Cc3ccc(OC)cc3)c3c(Br)cc(Br)cc32)cc1)NC(C)=O. The van der Waals surface area contributed by atoms with Crippen LogP contribution in [-0.4, -0.2) is 56.2 Å². The number of ether oxygens (including phenoxy) is 2. The fourth-order valence-corrected chi connectivity index (χ4v) is 6.53. The molecular formula is C34H36Br2N4O6. The van der Waals surface area contributed by atoms with E-state index in [1.54, 1.807) is 12.0 Å². The quantitative estimate of drug-likeness (QED) is 0.159. The summed E-state index contributed by atoms with van der Waals surface area (Å²) in [5, 5.41) is 5.48. The Hall–Kier alpha value is -4.03. The van der Waals surface area contributed by atoms with Crippen molar-refractivity contribution in [3.05, 3.63) is 86.3 Å². The average molecular weight is 756 g/mol. The number of aliphatic imine (C=N–C) groups is 1. The Morgan fingerprint density at radius 3 is 2.30 bits per heavy atom. The molecule has 3 aromatic rings. The summed E-state index contributed by atoms with van der Waals surface area (Å²) >= 11 is 7.18. The van der Waals surface area contributed by atoms with Crippen LogP contribution >= 0.6 is 31.9 Å². The average Bonchev–Trinajstić information content (AvgIpc) is 3.29. The normalized spacial score (nSPS) is 13.7. The molecule has 46 heavy (non-hydrogen) atoms.